The number of rotatable bonds is 1. The van der Waals surface area contributed by atoms with Crippen molar-refractivity contribution in [2.75, 3.05) is 5.73 Å². The van der Waals surface area contributed by atoms with E-state index in [1.54, 1.807) is 12.1 Å². The van der Waals surface area contributed by atoms with Gasteiger partial charge in [-0.15, -0.1) is 12.0 Å². The summed E-state index contributed by atoms with van der Waals surface area (Å²) in [4.78, 5) is 10.4. The molecule has 17 heavy (non-hydrogen) atoms. The number of nitrogens with two attached hydrogens (primary N) is 1. The van der Waals surface area contributed by atoms with Crippen molar-refractivity contribution in [1.29, 1.82) is 0 Å². The molecule has 0 unspecified atom stereocenters. The standard InChI is InChI=1S/C7H6BrNO2.C5H10Si/c8-4-1-2-5(7(10)11)6(9)3-4;1-5-6(2,3)4/h1-3H,9H2,(H,10,11);1H,2-4H3. The van der Waals surface area contributed by atoms with Gasteiger partial charge in [-0.2, -0.15) is 0 Å². The lowest BCUT2D eigenvalue weighted by Gasteiger charge is -2.00. The molecule has 0 aliphatic rings. The SMILES string of the molecule is C#C[Si](C)(C)C.Nc1cc(Br)ccc1C(=O)O. The third kappa shape index (κ3) is 6.82. The lowest BCUT2D eigenvalue weighted by atomic mass is 10.2. The van der Waals surface area contributed by atoms with Crippen molar-refractivity contribution < 1.29 is 9.90 Å². The van der Waals surface area contributed by atoms with Gasteiger partial charge in [-0.25, -0.2) is 4.79 Å². The number of halogens is 1. The Morgan fingerprint density at radius 2 is 1.94 bits per heavy atom. The highest BCUT2D eigenvalue weighted by Crippen LogP contribution is 2.17. The zero-order valence-electron chi connectivity index (χ0n) is 10.1. The zero-order chi connectivity index (χ0) is 13.6. The van der Waals surface area contributed by atoms with E-state index in [1.807, 2.05) is 0 Å². The van der Waals surface area contributed by atoms with E-state index in [0.29, 0.717) is 0 Å². The summed E-state index contributed by atoms with van der Waals surface area (Å²) in [5, 5.41) is 8.56. The molecule has 0 atom stereocenters. The summed E-state index contributed by atoms with van der Waals surface area (Å²) >= 11 is 3.17. The first-order chi connectivity index (χ1) is 7.67. The number of carbonyl (C=O) groups is 1. The van der Waals surface area contributed by atoms with Gasteiger partial charge >= 0.3 is 5.97 Å². The Labute approximate surface area is 111 Å². The van der Waals surface area contributed by atoms with Crippen LogP contribution in [0.3, 0.4) is 0 Å². The molecule has 0 aromatic heterocycles. The van der Waals surface area contributed by atoms with E-state index in [9.17, 15) is 4.79 Å². The largest absolute Gasteiger partial charge is 0.478 e. The molecule has 5 heteroatoms. The molecule has 0 bridgehead atoms. The van der Waals surface area contributed by atoms with Crippen LogP contribution in [0.25, 0.3) is 0 Å². The minimum atomic E-state index is -1.10. The predicted octanol–water partition coefficient (Wildman–Crippen LogP) is 3.23. The van der Waals surface area contributed by atoms with Gasteiger partial charge in [0.05, 0.1) is 5.56 Å². The summed E-state index contributed by atoms with van der Waals surface area (Å²) < 4.78 is 0.778. The number of carboxylic acid groups (broad SMARTS) is 1. The molecule has 0 spiro atoms. The Hall–Kier alpha value is -1.25. The number of aromatic carboxylic acids is 1. The lowest BCUT2D eigenvalue weighted by molar-refractivity contribution is 0.0698. The van der Waals surface area contributed by atoms with Gasteiger partial charge in [0.2, 0.25) is 0 Å². The molecule has 0 saturated carbocycles. The molecule has 3 N–H and O–H groups in total. The number of anilines is 1. The van der Waals surface area contributed by atoms with Gasteiger partial charge in [0, 0.05) is 10.2 Å². The number of carboxylic acids is 1. The monoisotopic (exact) mass is 313 g/mol. The van der Waals surface area contributed by atoms with Crippen LogP contribution < -0.4 is 5.73 Å². The van der Waals surface area contributed by atoms with Crippen LogP contribution in [-0.4, -0.2) is 19.1 Å². The highest BCUT2D eigenvalue weighted by atomic mass is 79.9. The maximum atomic E-state index is 10.4. The number of terminal acetylenes is 1. The number of hydrogen-bond donors (Lipinski definition) is 2. The van der Waals surface area contributed by atoms with Crippen LogP contribution in [-0.2, 0) is 0 Å². The maximum Gasteiger partial charge on any atom is 0.337 e. The van der Waals surface area contributed by atoms with Gasteiger partial charge in [-0.05, 0) is 18.2 Å². The van der Waals surface area contributed by atoms with Gasteiger partial charge in [-0.1, -0.05) is 35.6 Å². The molecular weight excluding hydrogens is 298 g/mol. The first kappa shape index (κ1) is 15.7. The summed E-state index contributed by atoms with van der Waals surface area (Å²) in [6, 6.07) is 4.66. The van der Waals surface area contributed by atoms with Crippen LogP contribution in [0.15, 0.2) is 22.7 Å². The van der Waals surface area contributed by atoms with E-state index in [4.69, 9.17) is 17.3 Å². The van der Waals surface area contributed by atoms with Crippen LogP contribution in [0.5, 0.6) is 0 Å². The predicted molar refractivity (Wildman–Crippen MR) is 77.7 cm³/mol. The Morgan fingerprint density at radius 3 is 2.24 bits per heavy atom. The van der Waals surface area contributed by atoms with Crippen molar-refractivity contribution in [3.8, 4) is 12.0 Å². The summed E-state index contributed by atoms with van der Waals surface area (Å²) in [6.45, 7) is 6.44. The van der Waals surface area contributed by atoms with Crippen molar-refractivity contribution in [1.82, 2.24) is 0 Å². The summed E-state index contributed by atoms with van der Waals surface area (Å²) in [7, 11) is -1.10. The van der Waals surface area contributed by atoms with Gasteiger partial charge < -0.3 is 10.8 Å². The van der Waals surface area contributed by atoms with Gasteiger partial charge in [0.25, 0.3) is 0 Å². The second kappa shape index (κ2) is 6.47. The fraction of sp³-hybridized carbons (Fsp3) is 0.250. The summed E-state index contributed by atoms with van der Waals surface area (Å²) in [5.74, 6) is -1.00. The minimum absolute atomic E-state index is 0.133. The third-order valence-electron chi connectivity index (χ3n) is 1.68. The Bertz CT molecular complexity index is 447. The smallest absolute Gasteiger partial charge is 0.337 e. The lowest BCUT2D eigenvalue weighted by Crippen LogP contribution is -2.15. The fourth-order valence-corrected chi connectivity index (χ4v) is 1.11. The van der Waals surface area contributed by atoms with E-state index in [1.165, 1.54) is 6.07 Å². The molecular formula is C12H16BrNO2Si. The molecule has 0 saturated heterocycles. The van der Waals surface area contributed by atoms with Gasteiger partial charge in [0.1, 0.15) is 8.07 Å². The third-order valence-corrected chi connectivity index (χ3v) is 3.04. The summed E-state index contributed by atoms with van der Waals surface area (Å²) in [6.07, 6.45) is 5.12. The zero-order valence-corrected chi connectivity index (χ0v) is 12.7. The molecule has 1 aromatic carbocycles. The molecule has 0 aliphatic carbocycles. The molecule has 1 rings (SSSR count). The molecule has 3 nitrogen and oxygen atoms in total. The molecule has 92 valence electrons. The van der Waals surface area contributed by atoms with Gasteiger partial charge in [-0.3, -0.25) is 0 Å². The molecule has 0 amide bonds. The first-order valence-corrected chi connectivity index (χ1v) is 9.23. The van der Waals surface area contributed by atoms with Crippen molar-refractivity contribution in [3.63, 3.8) is 0 Å². The van der Waals surface area contributed by atoms with Gasteiger partial charge in [0.15, 0.2) is 0 Å². The Morgan fingerprint density at radius 1 is 1.47 bits per heavy atom. The second-order valence-corrected chi connectivity index (χ2v) is 10.1. The van der Waals surface area contributed by atoms with Crippen LogP contribution in [0.4, 0.5) is 5.69 Å². The van der Waals surface area contributed by atoms with Crippen molar-refractivity contribution in [2.45, 2.75) is 19.6 Å². The molecule has 0 heterocycles. The quantitative estimate of drug-likeness (QED) is 0.475. The van der Waals surface area contributed by atoms with Crippen molar-refractivity contribution in [3.05, 3.63) is 28.2 Å². The Balaban J connectivity index is 0.000000366. The van der Waals surface area contributed by atoms with E-state index in [2.05, 4.69) is 41.1 Å². The van der Waals surface area contributed by atoms with E-state index in [0.717, 1.165) is 4.47 Å². The van der Waals surface area contributed by atoms with E-state index >= 15 is 0 Å². The highest BCUT2D eigenvalue weighted by Gasteiger charge is 2.06. The van der Waals surface area contributed by atoms with Crippen LogP contribution >= 0.6 is 15.9 Å². The maximum absolute atomic E-state index is 10.4. The van der Waals surface area contributed by atoms with E-state index < -0.39 is 14.0 Å². The topological polar surface area (TPSA) is 63.3 Å². The van der Waals surface area contributed by atoms with Crippen molar-refractivity contribution in [2.24, 2.45) is 0 Å². The van der Waals surface area contributed by atoms with Crippen LogP contribution in [0.2, 0.25) is 19.6 Å². The van der Waals surface area contributed by atoms with Crippen LogP contribution in [0.1, 0.15) is 10.4 Å². The molecule has 0 radical (unpaired) electrons. The second-order valence-electron chi connectivity index (χ2n) is 4.43. The van der Waals surface area contributed by atoms with E-state index in [-0.39, 0.29) is 11.3 Å². The normalized spacial score (nSPS) is 9.82. The molecule has 0 fully saturated rings. The summed E-state index contributed by atoms with van der Waals surface area (Å²) in [5.41, 5.74) is 8.56. The van der Waals surface area contributed by atoms with Crippen LogP contribution in [0, 0.1) is 12.0 Å². The molecule has 1 aromatic rings. The van der Waals surface area contributed by atoms with Crippen molar-refractivity contribution >= 4 is 35.7 Å². The number of hydrogen-bond acceptors (Lipinski definition) is 2. The first-order valence-electron chi connectivity index (χ1n) is 4.93. The number of nitrogen functional groups attached to an aromatic ring is 1. The highest BCUT2D eigenvalue weighted by molar-refractivity contribution is 9.10. The molecule has 0 aliphatic heterocycles. The Kier molecular flexibility index (Phi) is 6.00. The minimum Gasteiger partial charge on any atom is -0.478 e. The number of benzene rings is 1. The average molecular weight is 314 g/mol. The average Bonchev–Trinajstić information content (AvgIpc) is 2.16. The fourth-order valence-electron chi connectivity index (χ4n) is 0.728.